The lowest BCUT2D eigenvalue weighted by molar-refractivity contribution is -0.384. The summed E-state index contributed by atoms with van der Waals surface area (Å²) in [5.41, 5.74) is 1.24. The summed E-state index contributed by atoms with van der Waals surface area (Å²) in [7, 11) is 3.11. The van der Waals surface area contributed by atoms with E-state index >= 15 is 0 Å². The van der Waals surface area contributed by atoms with E-state index in [4.69, 9.17) is 18.9 Å². The number of nitrogens with one attached hydrogen (secondary N) is 1. The zero-order valence-electron chi connectivity index (χ0n) is 28.5. The Bertz CT molecular complexity index is 2100. The summed E-state index contributed by atoms with van der Waals surface area (Å²) in [5, 5.41) is 25.6. The Morgan fingerprint density at radius 2 is 1.60 bits per heavy atom. The molecule has 274 valence electrons. The van der Waals surface area contributed by atoms with Crippen LogP contribution in [-0.4, -0.2) is 59.7 Å². The molecule has 2 N–H and O–H groups in total. The monoisotopic (exact) mass is 729 g/mol. The maximum Gasteiger partial charge on any atom is 0.471 e. The lowest BCUT2D eigenvalue weighted by Crippen LogP contribution is -2.48. The van der Waals surface area contributed by atoms with Crippen LogP contribution in [0.5, 0.6) is 11.5 Å². The van der Waals surface area contributed by atoms with Crippen LogP contribution in [0.3, 0.4) is 0 Å². The normalized spacial score (nSPS) is 17.2. The molecule has 0 aliphatic carbocycles. The predicted molar refractivity (Wildman–Crippen MR) is 187 cm³/mol. The molecule has 3 atom stereocenters. The molecule has 1 aliphatic heterocycles. The number of benzene rings is 4. The van der Waals surface area contributed by atoms with Gasteiger partial charge in [0.1, 0.15) is 29.4 Å². The van der Waals surface area contributed by atoms with Crippen molar-refractivity contribution in [3.63, 3.8) is 0 Å². The Morgan fingerprint density at radius 1 is 0.981 bits per heavy atom. The first kappa shape index (κ1) is 36.9. The number of hydrogen-bond donors (Lipinski definition) is 2. The van der Waals surface area contributed by atoms with Crippen LogP contribution in [0.1, 0.15) is 34.9 Å². The Morgan fingerprint density at radius 3 is 2.17 bits per heavy atom. The van der Waals surface area contributed by atoms with Crippen molar-refractivity contribution in [1.82, 2.24) is 9.88 Å². The van der Waals surface area contributed by atoms with Crippen LogP contribution in [0.4, 0.5) is 18.9 Å². The summed E-state index contributed by atoms with van der Waals surface area (Å²) in [6, 6.07) is 28.1. The largest absolute Gasteiger partial charge is 0.497 e. The Balaban J connectivity index is 1.44. The van der Waals surface area contributed by atoms with E-state index in [1.807, 2.05) is 54.6 Å². The molecule has 4 aromatic carbocycles. The van der Waals surface area contributed by atoms with Crippen LogP contribution in [-0.2, 0) is 26.5 Å². The number of ether oxygens (including phenoxy) is 4. The fraction of sp³-hybridized carbons (Fsp3) is 0.256. The molecule has 1 saturated heterocycles. The van der Waals surface area contributed by atoms with Crippen LogP contribution in [0.25, 0.3) is 10.9 Å². The molecule has 53 heavy (non-hydrogen) atoms. The fourth-order valence-corrected chi connectivity index (χ4v) is 6.44. The quantitative estimate of drug-likeness (QED) is 0.0906. The zero-order valence-corrected chi connectivity index (χ0v) is 28.5. The first-order valence-corrected chi connectivity index (χ1v) is 16.4. The molecule has 0 saturated carbocycles. The SMILES string of the molecule is COc1ccc(C(OCc2ccccc2)(c2ccc(OC)cc2)C2OC(n3cc(C#CCNC(=O)C(F)(F)F)c4cc([N+](=O)[O-])ccc43)CC2O)cc1. The number of aliphatic hydroxyl groups is 1. The standard InChI is InChI=1S/C39H34F3N3O8/c1-50-30-15-10-27(11-16-30)38(28-12-17-31(51-2)18-13-28,52-24-25-7-4-3-5-8-25)36-34(46)22-35(53-36)44-23-26(9-6-20-43-37(47)39(40,41)42)32-21-29(45(48)49)14-19-33(32)44/h3-5,7-8,10-19,21,23,34-36,46H,20,22,24H2,1-2H3,(H,43,47). The number of hydrogen-bond acceptors (Lipinski definition) is 8. The number of nitrogens with zero attached hydrogens (tertiary/aromatic N) is 2. The summed E-state index contributed by atoms with van der Waals surface area (Å²) < 4.78 is 64.3. The average Bonchev–Trinajstić information content (AvgIpc) is 3.73. The van der Waals surface area contributed by atoms with Gasteiger partial charge in [-0.25, -0.2) is 0 Å². The maximum absolute atomic E-state index is 12.7. The van der Waals surface area contributed by atoms with Crippen LogP contribution >= 0.6 is 0 Å². The van der Waals surface area contributed by atoms with E-state index in [0.717, 1.165) is 5.56 Å². The van der Waals surface area contributed by atoms with E-state index in [1.54, 1.807) is 54.6 Å². The molecule has 14 heteroatoms. The second kappa shape index (κ2) is 15.4. The van der Waals surface area contributed by atoms with Crippen molar-refractivity contribution in [2.24, 2.45) is 0 Å². The molecule has 1 amide bonds. The number of nitro groups is 1. The van der Waals surface area contributed by atoms with Gasteiger partial charge in [0.15, 0.2) is 0 Å². The molecule has 1 fully saturated rings. The number of fused-ring (bicyclic) bond motifs is 1. The summed E-state index contributed by atoms with van der Waals surface area (Å²) in [4.78, 5) is 22.4. The van der Waals surface area contributed by atoms with Crippen molar-refractivity contribution >= 4 is 22.5 Å². The topological polar surface area (TPSA) is 134 Å². The molecule has 0 spiro atoms. The van der Waals surface area contributed by atoms with E-state index in [2.05, 4.69) is 11.8 Å². The second-order valence-electron chi connectivity index (χ2n) is 12.2. The van der Waals surface area contributed by atoms with Gasteiger partial charge in [0.05, 0.1) is 49.5 Å². The van der Waals surface area contributed by atoms with Crippen molar-refractivity contribution < 1.29 is 46.9 Å². The highest BCUT2D eigenvalue weighted by atomic mass is 19.4. The van der Waals surface area contributed by atoms with Gasteiger partial charge < -0.3 is 33.9 Å². The molecule has 6 rings (SSSR count). The minimum absolute atomic E-state index is 0.0582. The van der Waals surface area contributed by atoms with E-state index < -0.39 is 47.6 Å². The van der Waals surface area contributed by atoms with Gasteiger partial charge in [-0.05, 0) is 47.0 Å². The number of aliphatic hydroxyl groups excluding tert-OH is 1. The predicted octanol–water partition coefficient (Wildman–Crippen LogP) is 6.41. The van der Waals surface area contributed by atoms with Crippen LogP contribution in [0, 0.1) is 22.0 Å². The number of amides is 1. The highest BCUT2D eigenvalue weighted by molar-refractivity contribution is 5.89. The number of halogens is 3. The summed E-state index contributed by atoms with van der Waals surface area (Å²) >= 11 is 0. The number of nitro benzene ring substituents is 1. The lowest BCUT2D eigenvalue weighted by Gasteiger charge is -2.41. The van der Waals surface area contributed by atoms with E-state index in [1.165, 1.54) is 18.2 Å². The lowest BCUT2D eigenvalue weighted by atomic mass is 9.79. The number of methoxy groups -OCH3 is 2. The van der Waals surface area contributed by atoms with Gasteiger partial charge >= 0.3 is 12.1 Å². The average molecular weight is 730 g/mol. The van der Waals surface area contributed by atoms with Gasteiger partial charge in [0.2, 0.25) is 0 Å². The first-order chi connectivity index (χ1) is 25.4. The molecule has 1 aromatic heterocycles. The van der Waals surface area contributed by atoms with E-state index in [-0.39, 0.29) is 24.3 Å². The molecule has 1 aliphatic rings. The number of aromatic nitrogens is 1. The number of rotatable bonds is 11. The summed E-state index contributed by atoms with van der Waals surface area (Å²) in [5.74, 6) is 4.28. The minimum atomic E-state index is -5.08. The van der Waals surface area contributed by atoms with Crippen LogP contribution < -0.4 is 14.8 Å². The summed E-state index contributed by atoms with van der Waals surface area (Å²) in [6.45, 7) is -0.484. The number of non-ortho nitro benzene ring substituents is 1. The van der Waals surface area contributed by atoms with Gasteiger partial charge in [-0.15, -0.1) is 0 Å². The Hall–Kier alpha value is -5.88. The molecule has 2 heterocycles. The van der Waals surface area contributed by atoms with Crippen LogP contribution in [0.15, 0.2) is 103 Å². The number of carbonyl (C=O) groups is 1. The van der Waals surface area contributed by atoms with Gasteiger partial charge in [0, 0.05) is 30.1 Å². The molecular weight excluding hydrogens is 695 g/mol. The van der Waals surface area contributed by atoms with Gasteiger partial charge in [-0.2, -0.15) is 13.2 Å². The number of alkyl halides is 3. The molecule has 11 nitrogen and oxygen atoms in total. The molecule has 3 unspecified atom stereocenters. The minimum Gasteiger partial charge on any atom is -0.497 e. The summed E-state index contributed by atoms with van der Waals surface area (Å²) in [6.07, 6.45) is -6.46. The maximum atomic E-state index is 12.7. The third-order valence-electron chi connectivity index (χ3n) is 9.00. The highest BCUT2D eigenvalue weighted by Crippen LogP contribution is 2.48. The van der Waals surface area contributed by atoms with Gasteiger partial charge in [0.25, 0.3) is 5.69 Å². The smallest absolute Gasteiger partial charge is 0.471 e. The second-order valence-corrected chi connectivity index (χ2v) is 12.2. The number of carbonyl (C=O) groups excluding carboxylic acids is 1. The molecular formula is C39H34F3N3O8. The van der Waals surface area contributed by atoms with Crippen LogP contribution in [0.2, 0.25) is 0 Å². The molecule has 0 radical (unpaired) electrons. The first-order valence-electron chi connectivity index (χ1n) is 16.4. The third-order valence-corrected chi connectivity index (χ3v) is 9.00. The fourth-order valence-electron chi connectivity index (χ4n) is 6.44. The highest BCUT2D eigenvalue weighted by Gasteiger charge is 2.53. The van der Waals surface area contributed by atoms with E-state index in [9.17, 15) is 33.2 Å². The Kier molecular flexibility index (Phi) is 10.7. The molecule has 5 aromatic rings. The van der Waals surface area contributed by atoms with Gasteiger partial charge in [-0.3, -0.25) is 14.9 Å². The van der Waals surface area contributed by atoms with Crippen molar-refractivity contribution in [3.05, 3.63) is 136 Å². The van der Waals surface area contributed by atoms with E-state index in [0.29, 0.717) is 33.5 Å². The van der Waals surface area contributed by atoms with Crippen molar-refractivity contribution in [2.75, 3.05) is 20.8 Å². The van der Waals surface area contributed by atoms with Gasteiger partial charge in [-0.1, -0.05) is 66.4 Å². The van der Waals surface area contributed by atoms with Crippen molar-refractivity contribution in [1.29, 1.82) is 0 Å². The zero-order chi connectivity index (χ0) is 37.8. The van der Waals surface area contributed by atoms with Crippen molar-refractivity contribution in [3.8, 4) is 23.3 Å². The molecule has 0 bridgehead atoms. The van der Waals surface area contributed by atoms with Crippen molar-refractivity contribution in [2.45, 2.75) is 43.2 Å². The Labute approximate surface area is 302 Å². The third kappa shape index (κ3) is 7.68.